The maximum Gasteiger partial charge on any atom is 0.262 e. The van der Waals surface area contributed by atoms with E-state index in [0.717, 1.165) is 9.14 Å². The van der Waals surface area contributed by atoms with Crippen LogP contribution in [0.3, 0.4) is 0 Å². The van der Waals surface area contributed by atoms with Crippen molar-refractivity contribution in [1.29, 1.82) is 0 Å². The average Bonchev–Trinajstić information content (AvgIpc) is 2.69. The number of carbonyl (C=O) groups is 1. The van der Waals surface area contributed by atoms with Crippen LogP contribution in [0.25, 0.3) is 10.9 Å². The van der Waals surface area contributed by atoms with Crippen molar-refractivity contribution in [1.82, 2.24) is 9.55 Å². The highest BCUT2D eigenvalue weighted by Gasteiger charge is 2.14. The molecule has 0 unspecified atom stereocenters. The molecule has 0 aliphatic rings. The van der Waals surface area contributed by atoms with Crippen LogP contribution >= 0.6 is 34.4 Å². The van der Waals surface area contributed by atoms with Crippen LogP contribution in [0.4, 0.5) is 5.69 Å². The zero-order chi connectivity index (χ0) is 21.0. The Balaban J connectivity index is 1.84. The third-order valence-electron chi connectivity index (χ3n) is 4.00. The Morgan fingerprint density at radius 1 is 1.31 bits per heavy atom. The van der Waals surface area contributed by atoms with Gasteiger partial charge in [-0.05, 0) is 59.8 Å². The number of hydrogen-bond donors (Lipinski definition) is 1. The van der Waals surface area contributed by atoms with Gasteiger partial charge < -0.3 is 10.1 Å². The molecule has 0 saturated carbocycles. The monoisotopic (exact) mass is 521 g/mol. The summed E-state index contributed by atoms with van der Waals surface area (Å²) in [6.07, 6.45) is 0. The average molecular weight is 521 g/mol. The molecule has 3 rings (SSSR count). The van der Waals surface area contributed by atoms with E-state index < -0.39 is 0 Å². The first-order valence-electron chi connectivity index (χ1n) is 8.78. The largest absolute Gasteiger partial charge is 0.497 e. The van der Waals surface area contributed by atoms with E-state index in [1.807, 2.05) is 25.1 Å². The van der Waals surface area contributed by atoms with Gasteiger partial charge in [0.15, 0.2) is 5.16 Å². The van der Waals surface area contributed by atoms with E-state index >= 15 is 0 Å². The van der Waals surface area contributed by atoms with Crippen molar-refractivity contribution in [3.05, 3.63) is 68.5 Å². The van der Waals surface area contributed by atoms with E-state index in [1.165, 1.54) is 11.8 Å². The number of aromatic nitrogens is 2. The number of nitrogens with zero attached hydrogens (tertiary/aromatic N) is 2. The quantitative estimate of drug-likeness (QED) is 0.217. The first-order chi connectivity index (χ1) is 13.9. The van der Waals surface area contributed by atoms with Crippen molar-refractivity contribution < 1.29 is 9.53 Å². The van der Waals surface area contributed by atoms with E-state index in [9.17, 15) is 9.59 Å². The minimum Gasteiger partial charge on any atom is -0.497 e. The first kappa shape index (κ1) is 21.4. The number of methoxy groups -OCH3 is 1. The summed E-state index contributed by atoms with van der Waals surface area (Å²) in [4.78, 5) is 30.0. The molecule has 0 atom stereocenters. The lowest BCUT2D eigenvalue weighted by atomic mass is 10.2. The van der Waals surface area contributed by atoms with Gasteiger partial charge in [0.1, 0.15) is 5.75 Å². The number of halogens is 1. The zero-order valence-corrected chi connectivity index (χ0v) is 19.0. The molecule has 2 aromatic carbocycles. The van der Waals surface area contributed by atoms with Gasteiger partial charge in [-0.3, -0.25) is 14.2 Å². The fourth-order valence-electron chi connectivity index (χ4n) is 2.72. The number of fused-ring (bicyclic) bond motifs is 1. The van der Waals surface area contributed by atoms with Crippen molar-refractivity contribution in [2.75, 3.05) is 18.2 Å². The van der Waals surface area contributed by atoms with Crippen LogP contribution in [-0.4, -0.2) is 28.3 Å². The Labute approximate surface area is 186 Å². The van der Waals surface area contributed by atoms with Gasteiger partial charge in [0.2, 0.25) is 5.91 Å². The molecule has 1 N–H and O–H groups in total. The topological polar surface area (TPSA) is 73.2 Å². The molecule has 6 nitrogen and oxygen atoms in total. The SMILES string of the molecule is C=C(C)Cn1c(SCC(=O)Nc2cccc(OC)c2)nc2ccc(I)cc2c1=O. The summed E-state index contributed by atoms with van der Waals surface area (Å²) in [5.41, 5.74) is 1.97. The molecule has 3 aromatic rings. The zero-order valence-electron chi connectivity index (χ0n) is 16.1. The molecule has 1 amide bonds. The second-order valence-corrected chi connectivity index (χ2v) is 8.66. The fourth-order valence-corrected chi connectivity index (χ4v) is 4.01. The molecular formula is C21H20IN3O3S. The lowest BCUT2D eigenvalue weighted by Gasteiger charge is -2.13. The fraction of sp³-hybridized carbons (Fsp3) is 0.190. The Bertz CT molecular complexity index is 1140. The molecular weight excluding hydrogens is 501 g/mol. The van der Waals surface area contributed by atoms with Crippen molar-refractivity contribution in [3.63, 3.8) is 0 Å². The van der Waals surface area contributed by atoms with Gasteiger partial charge in [-0.25, -0.2) is 4.98 Å². The molecule has 1 aromatic heterocycles. The highest BCUT2D eigenvalue weighted by atomic mass is 127. The Kier molecular flexibility index (Phi) is 6.96. The lowest BCUT2D eigenvalue weighted by Crippen LogP contribution is -2.24. The molecule has 0 aliphatic heterocycles. The van der Waals surface area contributed by atoms with Crippen molar-refractivity contribution in [2.24, 2.45) is 0 Å². The smallest absolute Gasteiger partial charge is 0.262 e. The predicted molar refractivity (Wildman–Crippen MR) is 126 cm³/mol. The standard InChI is InChI=1S/C21H20IN3O3S/c1-13(2)11-25-20(27)17-9-14(22)7-8-18(17)24-21(25)29-12-19(26)23-15-5-4-6-16(10-15)28-3/h4-10H,1,11-12H2,2-3H3,(H,23,26). The van der Waals surface area contributed by atoms with E-state index in [0.29, 0.717) is 34.0 Å². The van der Waals surface area contributed by atoms with Gasteiger partial charge in [-0.2, -0.15) is 0 Å². The van der Waals surface area contributed by atoms with Gasteiger partial charge in [0.25, 0.3) is 5.56 Å². The van der Waals surface area contributed by atoms with Gasteiger partial charge >= 0.3 is 0 Å². The van der Waals surface area contributed by atoms with Gasteiger partial charge in [-0.1, -0.05) is 30.0 Å². The summed E-state index contributed by atoms with van der Waals surface area (Å²) in [7, 11) is 1.57. The maximum atomic E-state index is 13.0. The molecule has 0 fully saturated rings. The summed E-state index contributed by atoms with van der Waals surface area (Å²) in [6, 6.07) is 12.7. The molecule has 0 saturated heterocycles. The van der Waals surface area contributed by atoms with Crippen molar-refractivity contribution in [2.45, 2.75) is 18.6 Å². The van der Waals surface area contributed by atoms with Crippen LogP contribution in [0.1, 0.15) is 6.92 Å². The minimum absolute atomic E-state index is 0.121. The van der Waals surface area contributed by atoms with Gasteiger partial charge in [0, 0.05) is 21.9 Å². The number of nitrogens with one attached hydrogen (secondary N) is 1. The number of rotatable bonds is 7. The highest BCUT2D eigenvalue weighted by Crippen LogP contribution is 2.21. The molecule has 0 aliphatic carbocycles. The number of amides is 1. The van der Waals surface area contributed by atoms with Crippen LogP contribution in [0.2, 0.25) is 0 Å². The van der Waals surface area contributed by atoms with Gasteiger partial charge in [-0.15, -0.1) is 0 Å². The molecule has 150 valence electrons. The normalized spacial score (nSPS) is 10.7. The number of ether oxygens (including phenoxy) is 1. The van der Waals surface area contributed by atoms with Crippen LogP contribution in [0.5, 0.6) is 5.75 Å². The van der Waals surface area contributed by atoms with Crippen LogP contribution in [-0.2, 0) is 11.3 Å². The Morgan fingerprint density at radius 2 is 2.10 bits per heavy atom. The highest BCUT2D eigenvalue weighted by molar-refractivity contribution is 14.1. The van der Waals surface area contributed by atoms with Crippen molar-refractivity contribution in [3.8, 4) is 5.75 Å². The Hall–Kier alpha value is -2.33. The summed E-state index contributed by atoms with van der Waals surface area (Å²) >= 11 is 3.40. The molecule has 8 heteroatoms. The second-order valence-electron chi connectivity index (χ2n) is 6.47. The number of thioether (sulfide) groups is 1. The third kappa shape index (κ3) is 5.39. The van der Waals surface area contributed by atoms with Crippen molar-refractivity contribution >= 4 is 56.9 Å². The summed E-state index contributed by atoms with van der Waals surface area (Å²) in [5, 5.41) is 3.88. The molecule has 0 bridgehead atoms. The number of carbonyl (C=O) groups excluding carboxylic acids is 1. The number of anilines is 1. The van der Waals surface area contributed by atoms with Crippen LogP contribution < -0.4 is 15.6 Å². The van der Waals surface area contributed by atoms with E-state index in [-0.39, 0.29) is 17.2 Å². The van der Waals surface area contributed by atoms with E-state index in [2.05, 4.69) is 39.5 Å². The molecule has 1 heterocycles. The summed E-state index contributed by atoms with van der Waals surface area (Å²) in [5.74, 6) is 0.592. The number of allylic oxidation sites excluding steroid dienone is 1. The van der Waals surface area contributed by atoms with E-state index in [1.54, 1.807) is 35.9 Å². The van der Waals surface area contributed by atoms with Crippen LogP contribution in [0, 0.1) is 3.57 Å². The van der Waals surface area contributed by atoms with Crippen LogP contribution in [0.15, 0.2) is 64.6 Å². The molecule has 0 radical (unpaired) electrons. The summed E-state index contributed by atoms with van der Waals surface area (Å²) < 4.78 is 7.71. The number of benzene rings is 2. The Morgan fingerprint density at radius 3 is 2.83 bits per heavy atom. The predicted octanol–water partition coefficient (Wildman–Crippen LogP) is 4.32. The minimum atomic E-state index is -0.193. The van der Waals surface area contributed by atoms with E-state index in [4.69, 9.17) is 4.74 Å². The maximum absolute atomic E-state index is 13.0. The second kappa shape index (κ2) is 9.45. The number of hydrogen-bond acceptors (Lipinski definition) is 5. The summed E-state index contributed by atoms with van der Waals surface area (Å²) in [6.45, 7) is 6.12. The molecule has 29 heavy (non-hydrogen) atoms. The first-order valence-corrected chi connectivity index (χ1v) is 10.8. The molecule has 0 spiro atoms. The van der Waals surface area contributed by atoms with Gasteiger partial charge in [0.05, 0.1) is 23.8 Å². The lowest BCUT2D eigenvalue weighted by molar-refractivity contribution is -0.113. The third-order valence-corrected chi connectivity index (χ3v) is 5.64.